The lowest BCUT2D eigenvalue weighted by molar-refractivity contribution is -0.146. The summed E-state index contributed by atoms with van der Waals surface area (Å²) >= 11 is 0. The number of rotatable bonds is 20. The second kappa shape index (κ2) is 18.9. The molecule has 2 aromatic carbocycles. The van der Waals surface area contributed by atoms with Gasteiger partial charge in [0.25, 0.3) is 0 Å². The predicted molar refractivity (Wildman–Crippen MR) is 143 cm³/mol. The number of aryl methyl sites for hydroxylation is 1. The summed E-state index contributed by atoms with van der Waals surface area (Å²) in [7, 11) is 0. The largest absolute Gasteiger partial charge is 0.494 e. The fraction of sp³-hybridized carbons (Fsp3) is 0.517. The van der Waals surface area contributed by atoms with Gasteiger partial charge in [-0.3, -0.25) is 9.59 Å². The van der Waals surface area contributed by atoms with Gasteiger partial charge >= 0.3 is 11.9 Å². The number of nitrogens with two attached hydrogens (primary N) is 1. The topological polar surface area (TPSA) is 106 Å². The van der Waals surface area contributed by atoms with Gasteiger partial charge in [0.1, 0.15) is 24.7 Å². The van der Waals surface area contributed by atoms with Gasteiger partial charge in [-0.1, -0.05) is 17.7 Å². The van der Waals surface area contributed by atoms with Crippen LogP contribution < -0.4 is 15.2 Å². The van der Waals surface area contributed by atoms with Crippen LogP contribution >= 0.6 is 0 Å². The molecule has 0 aliphatic carbocycles. The van der Waals surface area contributed by atoms with Crippen molar-refractivity contribution in [1.82, 2.24) is 0 Å². The van der Waals surface area contributed by atoms with Gasteiger partial charge in [0.05, 0.1) is 26.4 Å². The molecule has 0 aliphatic heterocycles. The third-order valence-electron chi connectivity index (χ3n) is 5.47. The second-order valence-corrected chi connectivity index (χ2v) is 8.75. The van der Waals surface area contributed by atoms with Crippen LogP contribution in [0, 0.1) is 6.92 Å². The lowest BCUT2D eigenvalue weighted by Gasteiger charge is -2.08. The van der Waals surface area contributed by atoms with E-state index < -0.39 is 0 Å². The van der Waals surface area contributed by atoms with Crippen molar-refractivity contribution in [1.29, 1.82) is 0 Å². The van der Waals surface area contributed by atoms with Crippen molar-refractivity contribution in [2.45, 2.75) is 58.3 Å². The molecule has 0 saturated carbocycles. The molecular weight excluding hydrogens is 474 g/mol. The molecule has 0 heterocycles. The summed E-state index contributed by atoms with van der Waals surface area (Å²) in [5.74, 6) is 1.19. The molecule has 0 saturated heterocycles. The Morgan fingerprint density at radius 2 is 1.05 bits per heavy atom. The summed E-state index contributed by atoms with van der Waals surface area (Å²) in [6.45, 7) is 4.22. The van der Waals surface area contributed by atoms with Gasteiger partial charge in [-0.15, -0.1) is 0 Å². The van der Waals surface area contributed by atoms with Crippen molar-refractivity contribution in [2.24, 2.45) is 0 Å². The minimum Gasteiger partial charge on any atom is -0.494 e. The van der Waals surface area contributed by atoms with Gasteiger partial charge in [0.2, 0.25) is 0 Å². The molecule has 0 bridgehead atoms. The molecule has 2 aromatic rings. The lowest BCUT2D eigenvalue weighted by atomic mass is 10.2. The van der Waals surface area contributed by atoms with E-state index in [1.54, 1.807) is 12.1 Å². The predicted octanol–water partition coefficient (Wildman–Crippen LogP) is 5.26. The minimum absolute atomic E-state index is 0.192. The SMILES string of the molecule is Cc1ccc(OCCCCCC(=O)OCCOCCOC(=O)CCCCCOc2ccc(N)cc2)cc1. The van der Waals surface area contributed by atoms with Crippen molar-refractivity contribution < 1.29 is 33.3 Å². The Bertz CT molecular complexity index is 811. The molecule has 0 unspecified atom stereocenters. The third-order valence-corrected chi connectivity index (χ3v) is 5.47. The van der Waals surface area contributed by atoms with Gasteiger partial charge in [0, 0.05) is 18.5 Å². The van der Waals surface area contributed by atoms with Gasteiger partial charge in [-0.2, -0.15) is 0 Å². The molecule has 0 fully saturated rings. The average molecular weight is 516 g/mol. The zero-order chi connectivity index (χ0) is 26.6. The summed E-state index contributed by atoms with van der Waals surface area (Å²) in [6.07, 6.45) is 5.81. The van der Waals surface area contributed by atoms with E-state index in [9.17, 15) is 9.59 Å². The molecule has 8 nitrogen and oxygen atoms in total. The second-order valence-electron chi connectivity index (χ2n) is 8.75. The van der Waals surface area contributed by atoms with E-state index in [0.717, 1.165) is 50.0 Å². The first-order valence-electron chi connectivity index (χ1n) is 13.1. The molecule has 2 rings (SSSR count). The number of hydrogen-bond acceptors (Lipinski definition) is 8. The van der Waals surface area contributed by atoms with Crippen molar-refractivity contribution >= 4 is 17.6 Å². The number of ether oxygens (including phenoxy) is 5. The number of esters is 2. The molecule has 204 valence electrons. The molecule has 0 spiro atoms. The van der Waals surface area contributed by atoms with Crippen LogP contribution in [0.3, 0.4) is 0 Å². The molecule has 8 heteroatoms. The number of carbonyl (C=O) groups excluding carboxylic acids is 2. The highest BCUT2D eigenvalue weighted by atomic mass is 16.6. The van der Waals surface area contributed by atoms with Gasteiger partial charge in [-0.05, 0) is 81.8 Å². The Kier molecular flexibility index (Phi) is 15.3. The summed E-state index contributed by atoms with van der Waals surface area (Å²) in [6, 6.07) is 15.2. The first kappa shape index (κ1) is 30.0. The van der Waals surface area contributed by atoms with E-state index in [1.165, 1.54) is 5.56 Å². The first-order chi connectivity index (χ1) is 18.0. The van der Waals surface area contributed by atoms with Crippen LogP contribution in [0.15, 0.2) is 48.5 Å². The van der Waals surface area contributed by atoms with Crippen LogP contribution in [-0.4, -0.2) is 51.6 Å². The Balaban J connectivity index is 1.31. The smallest absolute Gasteiger partial charge is 0.305 e. The quantitative estimate of drug-likeness (QED) is 0.145. The number of benzene rings is 2. The van der Waals surface area contributed by atoms with Gasteiger partial charge < -0.3 is 29.4 Å². The highest BCUT2D eigenvalue weighted by Gasteiger charge is 2.05. The molecule has 0 radical (unpaired) electrons. The fourth-order valence-electron chi connectivity index (χ4n) is 3.35. The lowest BCUT2D eigenvalue weighted by Crippen LogP contribution is -2.14. The van der Waals surface area contributed by atoms with Crippen LogP contribution in [0.5, 0.6) is 11.5 Å². The maximum absolute atomic E-state index is 11.8. The maximum atomic E-state index is 11.8. The van der Waals surface area contributed by atoms with Gasteiger partial charge in [0.15, 0.2) is 0 Å². The van der Waals surface area contributed by atoms with Crippen LogP contribution in [0.1, 0.15) is 56.9 Å². The summed E-state index contributed by atoms with van der Waals surface area (Å²) < 4.78 is 27.0. The monoisotopic (exact) mass is 515 g/mol. The molecule has 0 aromatic heterocycles. The zero-order valence-electron chi connectivity index (χ0n) is 22.0. The minimum atomic E-state index is -0.237. The number of anilines is 1. The highest BCUT2D eigenvalue weighted by molar-refractivity contribution is 5.69. The van der Waals surface area contributed by atoms with Crippen LogP contribution in [0.25, 0.3) is 0 Å². The molecule has 0 amide bonds. The van der Waals surface area contributed by atoms with Gasteiger partial charge in [-0.25, -0.2) is 0 Å². The Morgan fingerprint density at radius 1 is 0.595 bits per heavy atom. The summed E-state index contributed by atoms with van der Waals surface area (Å²) in [5.41, 5.74) is 7.55. The third kappa shape index (κ3) is 15.5. The van der Waals surface area contributed by atoms with Crippen LogP contribution in [-0.2, 0) is 23.8 Å². The van der Waals surface area contributed by atoms with Crippen molar-refractivity contribution in [3.8, 4) is 11.5 Å². The Morgan fingerprint density at radius 3 is 1.54 bits per heavy atom. The van der Waals surface area contributed by atoms with Crippen LogP contribution in [0.2, 0.25) is 0 Å². The average Bonchev–Trinajstić information content (AvgIpc) is 2.89. The first-order valence-corrected chi connectivity index (χ1v) is 13.1. The molecule has 2 N–H and O–H groups in total. The van der Waals surface area contributed by atoms with Crippen molar-refractivity contribution in [3.63, 3.8) is 0 Å². The summed E-state index contributed by atoms with van der Waals surface area (Å²) in [4.78, 5) is 23.5. The molecule has 37 heavy (non-hydrogen) atoms. The molecule has 0 aliphatic rings. The van der Waals surface area contributed by atoms with E-state index in [2.05, 4.69) is 0 Å². The fourth-order valence-corrected chi connectivity index (χ4v) is 3.35. The number of hydrogen-bond donors (Lipinski definition) is 1. The van der Waals surface area contributed by atoms with E-state index >= 15 is 0 Å². The van der Waals surface area contributed by atoms with E-state index in [-0.39, 0.29) is 38.4 Å². The highest BCUT2D eigenvalue weighted by Crippen LogP contribution is 2.14. The normalized spacial score (nSPS) is 10.6. The number of unbranched alkanes of at least 4 members (excludes halogenated alkanes) is 4. The number of carbonyl (C=O) groups is 2. The van der Waals surface area contributed by atoms with E-state index in [4.69, 9.17) is 29.4 Å². The number of nitrogen functional groups attached to an aromatic ring is 1. The zero-order valence-corrected chi connectivity index (χ0v) is 22.0. The summed E-state index contributed by atoms with van der Waals surface area (Å²) in [5, 5.41) is 0. The maximum Gasteiger partial charge on any atom is 0.305 e. The Labute approximate surface area is 220 Å². The Hall–Kier alpha value is -3.26. The molecule has 0 atom stereocenters. The van der Waals surface area contributed by atoms with E-state index in [0.29, 0.717) is 31.7 Å². The van der Waals surface area contributed by atoms with E-state index in [1.807, 2.05) is 43.3 Å². The van der Waals surface area contributed by atoms with Crippen LogP contribution in [0.4, 0.5) is 5.69 Å². The van der Waals surface area contributed by atoms with Crippen molar-refractivity contribution in [2.75, 3.05) is 45.4 Å². The molecular formula is C29H41NO7. The van der Waals surface area contributed by atoms with Crippen molar-refractivity contribution in [3.05, 3.63) is 54.1 Å². The standard InChI is InChI=1S/C29H41NO7/c1-24-10-14-26(15-11-24)34-18-6-2-4-8-28(31)36-22-20-33-21-23-37-29(32)9-5-3-7-19-35-27-16-12-25(30)13-17-27/h10-17H,2-9,18-23,30H2,1H3.